The Morgan fingerprint density at radius 1 is 1.29 bits per heavy atom. The van der Waals surface area contributed by atoms with Crippen LogP contribution in [0.4, 0.5) is 24.8 Å². The van der Waals surface area contributed by atoms with E-state index in [2.05, 4.69) is 16.5 Å². The lowest BCUT2D eigenvalue weighted by atomic mass is 10.3. The number of rotatable bonds is 4. The first-order valence-electron chi connectivity index (χ1n) is 6.04. The van der Waals surface area contributed by atoms with Crippen molar-refractivity contribution < 1.29 is 13.2 Å². The predicted octanol–water partition coefficient (Wildman–Crippen LogP) is 3.11. The summed E-state index contributed by atoms with van der Waals surface area (Å²) in [6.45, 7) is 3.76. The molecule has 4 nitrogen and oxygen atoms in total. The standard InChI is InChI=1S/C14H12F3N3O/c1-2-8-20(10-6-4-3-5-7-10)13-18-11(14(15,16)17)9-12(21)19-13/h2-7,9H,1,8H2,(H,18,19,21). The number of alkyl halides is 3. The molecule has 0 aliphatic carbocycles. The van der Waals surface area contributed by atoms with E-state index < -0.39 is 17.4 Å². The highest BCUT2D eigenvalue weighted by atomic mass is 19.4. The van der Waals surface area contributed by atoms with E-state index in [0.717, 1.165) is 0 Å². The number of benzene rings is 1. The summed E-state index contributed by atoms with van der Waals surface area (Å²) in [6.07, 6.45) is -3.17. The molecule has 110 valence electrons. The van der Waals surface area contributed by atoms with E-state index in [-0.39, 0.29) is 12.5 Å². The molecule has 1 aromatic carbocycles. The lowest BCUT2D eigenvalue weighted by Crippen LogP contribution is -2.25. The van der Waals surface area contributed by atoms with Crippen LogP contribution in [-0.2, 0) is 6.18 Å². The molecule has 0 fully saturated rings. The summed E-state index contributed by atoms with van der Waals surface area (Å²) in [4.78, 5) is 18.7. The quantitative estimate of drug-likeness (QED) is 0.882. The lowest BCUT2D eigenvalue weighted by molar-refractivity contribution is -0.141. The summed E-state index contributed by atoms with van der Waals surface area (Å²) in [6, 6.07) is 9.07. The van der Waals surface area contributed by atoms with Crippen LogP contribution in [0.2, 0.25) is 0 Å². The molecule has 1 heterocycles. The van der Waals surface area contributed by atoms with Crippen molar-refractivity contribution in [3.63, 3.8) is 0 Å². The van der Waals surface area contributed by atoms with Gasteiger partial charge in [-0.3, -0.25) is 9.78 Å². The fourth-order valence-corrected chi connectivity index (χ4v) is 1.77. The van der Waals surface area contributed by atoms with Crippen LogP contribution in [0.1, 0.15) is 5.69 Å². The van der Waals surface area contributed by atoms with E-state index in [1.54, 1.807) is 30.3 Å². The number of aromatic amines is 1. The fourth-order valence-electron chi connectivity index (χ4n) is 1.77. The fraction of sp³-hybridized carbons (Fsp3) is 0.143. The topological polar surface area (TPSA) is 49.0 Å². The van der Waals surface area contributed by atoms with Crippen LogP contribution >= 0.6 is 0 Å². The van der Waals surface area contributed by atoms with Gasteiger partial charge in [0.2, 0.25) is 5.95 Å². The van der Waals surface area contributed by atoms with Crippen molar-refractivity contribution >= 4 is 11.6 Å². The van der Waals surface area contributed by atoms with Crippen molar-refractivity contribution in [1.82, 2.24) is 9.97 Å². The SMILES string of the molecule is C=CCN(c1ccccc1)c1nc(C(F)(F)F)cc(=O)[nH]1. The molecule has 0 saturated heterocycles. The van der Waals surface area contributed by atoms with Crippen LogP contribution in [0.15, 0.2) is 53.8 Å². The van der Waals surface area contributed by atoms with Gasteiger partial charge in [-0.1, -0.05) is 24.3 Å². The van der Waals surface area contributed by atoms with Crippen LogP contribution in [0.25, 0.3) is 0 Å². The number of para-hydroxylation sites is 1. The summed E-state index contributed by atoms with van der Waals surface area (Å²) in [5.74, 6) is -0.180. The first-order valence-corrected chi connectivity index (χ1v) is 6.04. The van der Waals surface area contributed by atoms with Crippen LogP contribution in [0, 0.1) is 0 Å². The molecule has 0 saturated carbocycles. The zero-order valence-corrected chi connectivity index (χ0v) is 10.9. The number of aromatic nitrogens is 2. The van der Waals surface area contributed by atoms with Gasteiger partial charge in [0.05, 0.1) is 0 Å². The number of nitrogens with one attached hydrogen (secondary N) is 1. The maximum Gasteiger partial charge on any atom is 0.433 e. The van der Waals surface area contributed by atoms with Crippen LogP contribution in [0.5, 0.6) is 0 Å². The van der Waals surface area contributed by atoms with E-state index in [9.17, 15) is 18.0 Å². The van der Waals surface area contributed by atoms with Gasteiger partial charge in [0.1, 0.15) is 0 Å². The minimum atomic E-state index is -4.68. The van der Waals surface area contributed by atoms with E-state index in [1.165, 1.54) is 11.0 Å². The third-order valence-electron chi connectivity index (χ3n) is 2.65. The Morgan fingerprint density at radius 2 is 1.95 bits per heavy atom. The maximum atomic E-state index is 12.7. The van der Waals surface area contributed by atoms with Crippen LogP contribution in [0.3, 0.4) is 0 Å². The molecule has 0 amide bonds. The van der Waals surface area contributed by atoms with Gasteiger partial charge in [-0.25, -0.2) is 4.98 Å². The number of hydrogen-bond donors (Lipinski definition) is 1. The Hall–Kier alpha value is -2.57. The van der Waals surface area contributed by atoms with E-state index >= 15 is 0 Å². The first-order chi connectivity index (χ1) is 9.91. The second kappa shape index (κ2) is 5.82. The Labute approximate surface area is 118 Å². The van der Waals surface area contributed by atoms with Crippen LogP contribution < -0.4 is 10.5 Å². The molecule has 7 heteroatoms. The Morgan fingerprint density at radius 3 is 2.52 bits per heavy atom. The summed E-state index contributed by atoms with van der Waals surface area (Å²) < 4.78 is 38.2. The highest BCUT2D eigenvalue weighted by molar-refractivity contribution is 5.57. The molecule has 0 radical (unpaired) electrons. The van der Waals surface area contributed by atoms with Gasteiger partial charge < -0.3 is 4.90 Å². The van der Waals surface area contributed by atoms with E-state index in [1.807, 2.05) is 0 Å². The Balaban J connectivity index is 2.53. The molecule has 0 spiro atoms. The summed E-state index contributed by atoms with van der Waals surface area (Å²) in [5, 5.41) is 0. The molecule has 0 unspecified atom stereocenters. The molecule has 0 aliphatic heterocycles. The maximum absolute atomic E-state index is 12.7. The minimum Gasteiger partial charge on any atom is -0.308 e. The molecular weight excluding hydrogens is 283 g/mol. The molecule has 0 atom stereocenters. The van der Waals surface area contributed by atoms with Gasteiger partial charge in [0.15, 0.2) is 5.69 Å². The molecule has 2 rings (SSSR count). The van der Waals surface area contributed by atoms with Crippen molar-refractivity contribution in [3.05, 3.63) is 65.1 Å². The average Bonchev–Trinajstić information content (AvgIpc) is 2.44. The normalized spacial score (nSPS) is 11.2. The molecule has 2 aromatic rings. The monoisotopic (exact) mass is 295 g/mol. The molecule has 21 heavy (non-hydrogen) atoms. The molecule has 0 aliphatic rings. The molecule has 1 N–H and O–H groups in total. The van der Waals surface area contributed by atoms with Crippen molar-refractivity contribution in [2.75, 3.05) is 11.4 Å². The molecular formula is C14H12F3N3O. The largest absolute Gasteiger partial charge is 0.433 e. The average molecular weight is 295 g/mol. The van der Waals surface area contributed by atoms with Crippen molar-refractivity contribution in [2.24, 2.45) is 0 Å². The van der Waals surface area contributed by atoms with Crippen LogP contribution in [-0.4, -0.2) is 16.5 Å². The van der Waals surface area contributed by atoms with E-state index in [0.29, 0.717) is 11.8 Å². The van der Waals surface area contributed by atoms with Gasteiger partial charge in [-0.15, -0.1) is 6.58 Å². The number of nitrogens with zero attached hydrogens (tertiary/aromatic N) is 2. The number of halogens is 3. The highest BCUT2D eigenvalue weighted by Crippen LogP contribution is 2.28. The first kappa shape index (κ1) is 14.8. The lowest BCUT2D eigenvalue weighted by Gasteiger charge is -2.22. The number of H-pyrrole nitrogens is 1. The van der Waals surface area contributed by atoms with E-state index in [4.69, 9.17) is 0 Å². The minimum absolute atomic E-state index is 0.180. The summed E-state index contributed by atoms with van der Waals surface area (Å²) >= 11 is 0. The van der Waals surface area contributed by atoms with Crippen molar-refractivity contribution in [2.45, 2.75) is 6.18 Å². The Bertz CT molecular complexity index is 680. The Kier molecular flexibility index (Phi) is 4.11. The van der Waals surface area contributed by atoms with Gasteiger partial charge >= 0.3 is 6.18 Å². The zero-order valence-electron chi connectivity index (χ0n) is 10.9. The van der Waals surface area contributed by atoms with Gasteiger partial charge in [-0.05, 0) is 12.1 Å². The highest BCUT2D eigenvalue weighted by Gasteiger charge is 2.34. The van der Waals surface area contributed by atoms with Crippen molar-refractivity contribution in [3.8, 4) is 0 Å². The summed E-state index contributed by atoms with van der Waals surface area (Å²) in [5.41, 5.74) is -1.50. The second-order valence-corrected chi connectivity index (χ2v) is 4.19. The van der Waals surface area contributed by atoms with Gasteiger partial charge in [0, 0.05) is 18.3 Å². The zero-order chi connectivity index (χ0) is 15.5. The smallest absolute Gasteiger partial charge is 0.308 e. The molecule has 0 bridgehead atoms. The van der Waals surface area contributed by atoms with Gasteiger partial charge in [-0.2, -0.15) is 13.2 Å². The third kappa shape index (κ3) is 3.50. The van der Waals surface area contributed by atoms with Crippen molar-refractivity contribution in [1.29, 1.82) is 0 Å². The molecule has 1 aromatic heterocycles. The van der Waals surface area contributed by atoms with Gasteiger partial charge in [0.25, 0.3) is 5.56 Å². The predicted molar refractivity (Wildman–Crippen MR) is 73.5 cm³/mol. The summed E-state index contributed by atoms with van der Waals surface area (Å²) in [7, 11) is 0. The third-order valence-corrected chi connectivity index (χ3v) is 2.65. The number of anilines is 2. The second-order valence-electron chi connectivity index (χ2n) is 4.19. The number of hydrogen-bond acceptors (Lipinski definition) is 3.